The number of hydrogen-bond acceptors (Lipinski definition) is 5. The maximum Gasteiger partial charge on any atom is 0.337 e. The molecule has 0 fully saturated rings. The summed E-state index contributed by atoms with van der Waals surface area (Å²) in [5.74, 6) is 0.508. The van der Waals surface area contributed by atoms with Crippen LogP contribution in [-0.4, -0.2) is 43.6 Å². The summed E-state index contributed by atoms with van der Waals surface area (Å²) in [4.78, 5) is 26.4. The number of fused-ring (bicyclic) bond motifs is 1. The Hall–Kier alpha value is -2.86. The van der Waals surface area contributed by atoms with Gasteiger partial charge in [-0.3, -0.25) is 9.69 Å². The molecule has 0 radical (unpaired) electrons. The summed E-state index contributed by atoms with van der Waals surface area (Å²) in [5, 5.41) is 3.00. The number of carbonyl (C=O) groups is 2. The van der Waals surface area contributed by atoms with Gasteiger partial charge in [0, 0.05) is 13.1 Å². The molecule has 0 saturated carbocycles. The van der Waals surface area contributed by atoms with Gasteiger partial charge < -0.3 is 14.8 Å². The molecule has 0 aliphatic carbocycles. The molecule has 0 spiro atoms. The zero-order valence-electron chi connectivity index (χ0n) is 17.2. The molecule has 1 N–H and O–H groups in total. The number of rotatable bonds is 6. The van der Waals surface area contributed by atoms with E-state index in [2.05, 4.69) is 22.3 Å². The van der Waals surface area contributed by atoms with E-state index >= 15 is 0 Å². The van der Waals surface area contributed by atoms with Crippen LogP contribution in [0.5, 0.6) is 5.75 Å². The van der Waals surface area contributed by atoms with Crippen LogP contribution in [0, 0.1) is 0 Å². The van der Waals surface area contributed by atoms with Crippen LogP contribution in [0.4, 0.5) is 0 Å². The van der Waals surface area contributed by atoms with Crippen molar-refractivity contribution in [2.75, 3.05) is 20.8 Å². The lowest BCUT2D eigenvalue weighted by Gasteiger charge is -2.27. The predicted octanol–water partition coefficient (Wildman–Crippen LogP) is 2.93. The van der Waals surface area contributed by atoms with E-state index < -0.39 is 0 Å². The smallest absolute Gasteiger partial charge is 0.337 e. The number of aryl methyl sites for hydroxylation is 1. The van der Waals surface area contributed by atoms with Crippen molar-refractivity contribution >= 4 is 11.9 Å². The van der Waals surface area contributed by atoms with Gasteiger partial charge in [-0.1, -0.05) is 18.2 Å². The van der Waals surface area contributed by atoms with Gasteiger partial charge in [0.05, 0.1) is 25.8 Å². The molecule has 0 bridgehead atoms. The Bertz CT molecular complexity index is 864. The molecule has 3 rings (SSSR count). The third-order valence-electron chi connectivity index (χ3n) is 5.45. The number of nitrogens with zero attached hydrogens (tertiary/aromatic N) is 1. The number of carbonyl (C=O) groups excluding carboxylic acids is 2. The van der Waals surface area contributed by atoms with Crippen LogP contribution >= 0.6 is 0 Å². The molecule has 1 amide bonds. The normalized spacial score (nSPS) is 15.0. The molecule has 1 heterocycles. The first-order chi connectivity index (χ1) is 14.0. The third kappa shape index (κ3) is 5.15. The Balaban J connectivity index is 1.58. The third-order valence-corrected chi connectivity index (χ3v) is 5.45. The maximum atomic E-state index is 12.7. The van der Waals surface area contributed by atoms with Crippen molar-refractivity contribution in [3.63, 3.8) is 0 Å². The monoisotopic (exact) mass is 396 g/mol. The molecular formula is C23H28N2O4. The van der Waals surface area contributed by atoms with Crippen LogP contribution in [0.1, 0.15) is 40.4 Å². The van der Waals surface area contributed by atoms with E-state index in [1.54, 1.807) is 19.2 Å². The molecule has 154 valence electrons. The van der Waals surface area contributed by atoms with Crippen molar-refractivity contribution in [3.05, 3.63) is 64.7 Å². The molecule has 29 heavy (non-hydrogen) atoms. The molecular weight excluding hydrogens is 368 g/mol. The second-order valence-corrected chi connectivity index (χ2v) is 7.29. The Labute approximate surface area is 171 Å². The number of methoxy groups -OCH3 is 2. The molecule has 1 aliphatic heterocycles. The topological polar surface area (TPSA) is 67.9 Å². The highest BCUT2D eigenvalue weighted by molar-refractivity contribution is 5.89. The first kappa shape index (κ1) is 20.9. The molecule has 1 aliphatic rings. The molecule has 0 saturated heterocycles. The quantitative estimate of drug-likeness (QED) is 0.761. The van der Waals surface area contributed by atoms with Crippen LogP contribution in [0.3, 0.4) is 0 Å². The zero-order chi connectivity index (χ0) is 20.8. The average Bonchev–Trinajstić information content (AvgIpc) is 2.98. The summed E-state index contributed by atoms with van der Waals surface area (Å²) in [6, 6.07) is 13.0. The highest BCUT2D eigenvalue weighted by Gasteiger charge is 2.24. The van der Waals surface area contributed by atoms with Crippen LogP contribution < -0.4 is 10.1 Å². The van der Waals surface area contributed by atoms with E-state index in [4.69, 9.17) is 9.47 Å². The lowest BCUT2D eigenvalue weighted by atomic mass is 10.0. The van der Waals surface area contributed by atoms with Gasteiger partial charge in [-0.05, 0) is 67.3 Å². The predicted molar refractivity (Wildman–Crippen MR) is 111 cm³/mol. The molecule has 1 unspecified atom stereocenters. The van der Waals surface area contributed by atoms with Crippen LogP contribution in [0.15, 0.2) is 42.5 Å². The Morgan fingerprint density at radius 3 is 2.55 bits per heavy atom. The summed E-state index contributed by atoms with van der Waals surface area (Å²) in [7, 11) is 3.04. The van der Waals surface area contributed by atoms with Gasteiger partial charge >= 0.3 is 5.97 Å². The van der Waals surface area contributed by atoms with Gasteiger partial charge in [0.2, 0.25) is 5.91 Å². The zero-order valence-corrected chi connectivity index (χ0v) is 17.2. The molecule has 6 nitrogen and oxygen atoms in total. The molecule has 2 aromatic carbocycles. The summed E-state index contributed by atoms with van der Waals surface area (Å²) < 4.78 is 10.0. The molecule has 6 heteroatoms. The number of benzene rings is 2. The van der Waals surface area contributed by atoms with E-state index in [-0.39, 0.29) is 17.9 Å². The fourth-order valence-corrected chi connectivity index (χ4v) is 3.60. The highest BCUT2D eigenvalue weighted by Crippen LogP contribution is 2.24. The summed E-state index contributed by atoms with van der Waals surface area (Å²) in [6.07, 6.45) is 2.00. The minimum Gasteiger partial charge on any atom is -0.497 e. The van der Waals surface area contributed by atoms with E-state index in [1.807, 2.05) is 25.1 Å². The van der Waals surface area contributed by atoms with Gasteiger partial charge in [0.1, 0.15) is 5.75 Å². The van der Waals surface area contributed by atoms with Crippen molar-refractivity contribution in [1.29, 1.82) is 0 Å². The van der Waals surface area contributed by atoms with Crippen LogP contribution in [0.2, 0.25) is 0 Å². The minimum absolute atomic E-state index is 0.000920. The number of nitrogens with one attached hydrogen (secondary N) is 1. The summed E-state index contributed by atoms with van der Waals surface area (Å²) in [5.41, 5.74) is 3.98. The van der Waals surface area contributed by atoms with Crippen molar-refractivity contribution in [2.24, 2.45) is 0 Å². The van der Waals surface area contributed by atoms with Crippen LogP contribution in [0.25, 0.3) is 0 Å². The number of amides is 1. The van der Waals surface area contributed by atoms with E-state index in [9.17, 15) is 9.59 Å². The SMILES string of the molecule is COC(=O)c1ccc(CNC(=O)C(C)N2CCCc3cc(OC)ccc3C2)cc1. The fourth-order valence-electron chi connectivity index (χ4n) is 3.60. The molecule has 1 atom stereocenters. The first-order valence-corrected chi connectivity index (χ1v) is 9.86. The number of ether oxygens (including phenoxy) is 2. The standard InChI is InChI=1S/C23H28N2O4/c1-16(22(26)24-14-17-6-8-18(9-7-17)23(27)29-3)25-12-4-5-19-13-21(28-2)11-10-20(19)15-25/h6-11,13,16H,4-5,12,14-15H2,1-3H3,(H,24,26). The van der Waals surface area contributed by atoms with Gasteiger partial charge in [0.25, 0.3) is 0 Å². The van der Waals surface area contributed by atoms with Gasteiger partial charge in [-0.25, -0.2) is 4.79 Å². The number of esters is 1. The van der Waals surface area contributed by atoms with E-state index in [0.717, 1.165) is 37.2 Å². The lowest BCUT2D eigenvalue weighted by molar-refractivity contribution is -0.126. The van der Waals surface area contributed by atoms with E-state index in [1.165, 1.54) is 18.2 Å². The van der Waals surface area contributed by atoms with Gasteiger partial charge in [-0.15, -0.1) is 0 Å². The van der Waals surface area contributed by atoms with Crippen molar-refractivity contribution in [1.82, 2.24) is 10.2 Å². The van der Waals surface area contributed by atoms with Gasteiger partial charge in [0.15, 0.2) is 0 Å². The van der Waals surface area contributed by atoms with Crippen LogP contribution in [-0.2, 0) is 29.0 Å². The lowest BCUT2D eigenvalue weighted by Crippen LogP contribution is -2.44. The largest absolute Gasteiger partial charge is 0.497 e. The Morgan fingerprint density at radius 2 is 1.86 bits per heavy atom. The first-order valence-electron chi connectivity index (χ1n) is 9.86. The minimum atomic E-state index is -0.367. The second kappa shape index (κ2) is 9.56. The van der Waals surface area contributed by atoms with Gasteiger partial charge in [-0.2, -0.15) is 0 Å². The Morgan fingerprint density at radius 1 is 1.10 bits per heavy atom. The molecule has 2 aromatic rings. The Kier molecular flexibility index (Phi) is 6.88. The fraction of sp³-hybridized carbons (Fsp3) is 0.391. The van der Waals surface area contributed by atoms with Crippen molar-refractivity contribution in [2.45, 2.75) is 38.9 Å². The second-order valence-electron chi connectivity index (χ2n) is 7.29. The number of hydrogen-bond donors (Lipinski definition) is 1. The summed E-state index contributed by atoms with van der Waals surface area (Å²) in [6.45, 7) is 4.00. The van der Waals surface area contributed by atoms with Crippen molar-refractivity contribution in [3.8, 4) is 5.75 Å². The van der Waals surface area contributed by atoms with Crippen molar-refractivity contribution < 1.29 is 19.1 Å². The highest BCUT2D eigenvalue weighted by atomic mass is 16.5. The maximum absolute atomic E-state index is 12.7. The molecule has 0 aromatic heterocycles. The average molecular weight is 396 g/mol. The summed E-state index contributed by atoms with van der Waals surface area (Å²) >= 11 is 0. The van der Waals surface area contributed by atoms with E-state index in [0.29, 0.717) is 12.1 Å².